The molecule has 0 aliphatic carbocycles. The molecular formula is C14H15ClN2O. The molecule has 0 spiro atoms. The second kappa shape index (κ2) is 6.38. The smallest absolute Gasteiger partial charge is 0.0718 e. The quantitative estimate of drug-likeness (QED) is 0.896. The van der Waals surface area contributed by atoms with Crippen molar-refractivity contribution in [1.29, 1.82) is 0 Å². The zero-order valence-electron chi connectivity index (χ0n) is 10.2. The molecule has 2 aromatic rings. The molecule has 0 aliphatic heterocycles. The van der Waals surface area contributed by atoms with Crippen molar-refractivity contribution >= 4 is 17.3 Å². The van der Waals surface area contributed by atoms with Crippen LogP contribution in [0.1, 0.15) is 11.1 Å². The molecule has 1 N–H and O–H groups in total. The van der Waals surface area contributed by atoms with E-state index in [0.29, 0.717) is 18.2 Å². The zero-order chi connectivity index (χ0) is 12.8. The first kappa shape index (κ1) is 12.9. The molecule has 0 saturated carbocycles. The summed E-state index contributed by atoms with van der Waals surface area (Å²) in [6, 6.07) is 10.0. The number of pyridine rings is 1. The molecular weight excluding hydrogens is 248 g/mol. The predicted molar refractivity (Wildman–Crippen MR) is 73.7 cm³/mol. The van der Waals surface area contributed by atoms with Crippen molar-refractivity contribution in [2.45, 2.75) is 13.2 Å². The Labute approximate surface area is 112 Å². The Balaban J connectivity index is 2.02. The second-order valence-electron chi connectivity index (χ2n) is 3.96. The monoisotopic (exact) mass is 262 g/mol. The van der Waals surface area contributed by atoms with Crippen LogP contribution >= 0.6 is 11.6 Å². The molecule has 0 amide bonds. The van der Waals surface area contributed by atoms with Gasteiger partial charge < -0.3 is 10.1 Å². The van der Waals surface area contributed by atoms with Crippen molar-refractivity contribution in [3.63, 3.8) is 0 Å². The van der Waals surface area contributed by atoms with E-state index >= 15 is 0 Å². The maximum Gasteiger partial charge on any atom is 0.0718 e. The lowest BCUT2D eigenvalue weighted by Crippen LogP contribution is -2.01. The Hall–Kier alpha value is -1.58. The van der Waals surface area contributed by atoms with Crippen molar-refractivity contribution in [3.05, 3.63) is 58.9 Å². The Morgan fingerprint density at radius 3 is 2.89 bits per heavy atom. The van der Waals surface area contributed by atoms with Gasteiger partial charge in [0.2, 0.25) is 0 Å². The highest BCUT2D eigenvalue weighted by atomic mass is 35.5. The van der Waals surface area contributed by atoms with Crippen LogP contribution in [-0.4, -0.2) is 12.1 Å². The first-order valence-electron chi connectivity index (χ1n) is 5.70. The summed E-state index contributed by atoms with van der Waals surface area (Å²) in [6.07, 6.45) is 3.40. The molecule has 2 rings (SSSR count). The molecule has 94 valence electrons. The minimum atomic E-state index is 0.626. The molecule has 0 aliphatic rings. The average molecular weight is 263 g/mol. The van der Waals surface area contributed by atoms with E-state index in [1.165, 1.54) is 5.56 Å². The van der Waals surface area contributed by atoms with Gasteiger partial charge in [-0.25, -0.2) is 0 Å². The molecule has 0 saturated heterocycles. The fraction of sp³-hybridized carbons (Fsp3) is 0.214. The highest BCUT2D eigenvalue weighted by molar-refractivity contribution is 6.33. The number of benzene rings is 1. The molecule has 0 fully saturated rings. The Morgan fingerprint density at radius 2 is 2.11 bits per heavy atom. The van der Waals surface area contributed by atoms with E-state index in [4.69, 9.17) is 16.3 Å². The third-order valence-electron chi connectivity index (χ3n) is 2.55. The minimum Gasteiger partial charge on any atom is -0.380 e. The molecule has 4 heteroatoms. The fourth-order valence-electron chi connectivity index (χ4n) is 1.70. The van der Waals surface area contributed by atoms with Gasteiger partial charge in [-0.3, -0.25) is 4.98 Å². The topological polar surface area (TPSA) is 34.1 Å². The van der Waals surface area contributed by atoms with Crippen LogP contribution in [0.3, 0.4) is 0 Å². The highest BCUT2D eigenvalue weighted by Gasteiger charge is 2.00. The van der Waals surface area contributed by atoms with Crippen LogP contribution in [-0.2, 0) is 17.9 Å². The van der Waals surface area contributed by atoms with E-state index < -0.39 is 0 Å². The maximum atomic E-state index is 6.05. The molecule has 0 radical (unpaired) electrons. The Morgan fingerprint density at radius 1 is 1.28 bits per heavy atom. The van der Waals surface area contributed by atoms with Crippen LogP contribution in [0.15, 0.2) is 42.7 Å². The number of ether oxygens (including phenoxy) is 1. The fourth-order valence-corrected chi connectivity index (χ4v) is 1.87. The Kier molecular flexibility index (Phi) is 4.56. The summed E-state index contributed by atoms with van der Waals surface area (Å²) in [5.74, 6) is 0. The summed E-state index contributed by atoms with van der Waals surface area (Å²) >= 11 is 6.05. The number of anilines is 1. The summed E-state index contributed by atoms with van der Waals surface area (Å²) < 4.78 is 5.11. The van der Waals surface area contributed by atoms with E-state index in [9.17, 15) is 0 Å². The normalized spacial score (nSPS) is 10.3. The third-order valence-corrected chi connectivity index (χ3v) is 2.88. The molecule has 0 atom stereocenters. The van der Waals surface area contributed by atoms with Crippen molar-refractivity contribution in [2.24, 2.45) is 0 Å². The first-order valence-corrected chi connectivity index (χ1v) is 6.07. The molecule has 0 bridgehead atoms. The van der Waals surface area contributed by atoms with Crippen LogP contribution in [0.25, 0.3) is 0 Å². The number of nitrogens with one attached hydrogen (secondary N) is 1. The maximum absolute atomic E-state index is 6.05. The summed E-state index contributed by atoms with van der Waals surface area (Å²) in [4.78, 5) is 4.04. The second-order valence-corrected chi connectivity index (χ2v) is 4.37. The summed E-state index contributed by atoms with van der Waals surface area (Å²) in [6.45, 7) is 1.34. The van der Waals surface area contributed by atoms with E-state index in [-0.39, 0.29) is 0 Å². The summed E-state index contributed by atoms with van der Waals surface area (Å²) in [5.41, 5.74) is 3.19. The van der Waals surface area contributed by atoms with Crippen molar-refractivity contribution in [1.82, 2.24) is 4.98 Å². The lowest BCUT2D eigenvalue weighted by Gasteiger charge is -2.09. The van der Waals surface area contributed by atoms with E-state index in [1.54, 1.807) is 25.6 Å². The predicted octanol–water partition coefficient (Wildman–Crippen LogP) is 3.49. The molecule has 3 nitrogen and oxygen atoms in total. The van der Waals surface area contributed by atoms with E-state index in [0.717, 1.165) is 11.3 Å². The van der Waals surface area contributed by atoms with Gasteiger partial charge in [0.15, 0.2) is 0 Å². The molecule has 0 unspecified atom stereocenters. The van der Waals surface area contributed by atoms with Crippen LogP contribution in [0.5, 0.6) is 0 Å². The van der Waals surface area contributed by atoms with Gasteiger partial charge in [0.1, 0.15) is 0 Å². The number of halogens is 1. The van der Waals surface area contributed by atoms with Crippen LogP contribution in [0, 0.1) is 0 Å². The van der Waals surface area contributed by atoms with Crippen LogP contribution in [0.2, 0.25) is 5.02 Å². The van der Waals surface area contributed by atoms with E-state index in [1.807, 2.05) is 12.1 Å². The van der Waals surface area contributed by atoms with Gasteiger partial charge in [0.25, 0.3) is 0 Å². The highest BCUT2D eigenvalue weighted by Crippen LogP contribution is 2.20. The number of rotatable bonds is 5. The van der Waals surface area contributed by atoms with E-state index in [2.05, 4.69) is 22.4 Å². The molecule has 1 aromatic carbocycles. The SMILES string of the molecule is COCc1cccc(CNc2cnccc2Cl)c1. The van der Waals surface area contributed by atoms with Crippen LogP contribution < -0.4 is 5.32 Å². The summed E-state index contributed by atoms with van der Waals surface area (Å²) in [7, 11) is 1.69. The zero-order valence-corrected chi connectivity index (χ0v) is 10.9. The lowest BCUT2D eigenvalue weighted by molar-refractivity contribution is 0.185. The van der Waals surface area contributed by atoms with Crippen molar-refractivity contribution in [2.75, 3.05) is 12.4 Å². The average Bonchev–Trinajstić information content (AvgIpc) is 2.39. The molecule has 1 aromatic heterocycles. The number of nitrogens with zero attached hydrogens (tertiary/aromatic N) is 1. The van der Waals surface area contributed by atoms with Gasteiger partial charge in [-0.15, -0.1) is 0 Å². The number of methoxy groups -OCH3 is 1. The number of aromatic nitrogens is 1. The summed E-state index contributed by atoms with van der Waals surface area (Å²) in [5, 5.41) is 3.94. The molecule has 1 heterocycles. The van der Waals surface area contributed by atoms with Crippen molar-refractivity contribution < 1.29 is 4.74 Å². The van der Waals surface area contributed by atoms with Crippen LogP contribution in [0.4, 0.5) is 5.69 Å². The standard InChI is InChI=1S/C14H15ClN2O/c1-18-10-12-4-2-3-11(7-12)8-17-14-9-16-6-5-13(14)15/h2-7,9,17H,8,10H2,1H3. The van der Waals surface area contributed by atoms with Gasteiger partial charge in [-0.05, 0) is 17.2 Å². The van der Waals surface area contributed by atoms with Crippen molar-refractivity contribution in [3.8, 4) is 0 Å². The van der Waals surface area contributed by atoms with Gasteiger partial charge in [0, 0.05) is 19.9 Å². The number of hydrogen-bond acceptors (Lipinski definition) is 3. The third kappa shape index (κ3) is 3.45. The van der Waals surface area contributed by atoms with Gasteiger partial charge >= 0.3 is 0 Å². The Bertz CT molecular complexity index is 517. The minimum absolute atomic E-state index is 0.626. The largest absolute Gasteiger partial charge is 0.380 e. The first-order chi connectivity index (χ1) is 8.79. The lowest BCUT2D eigenvalue weighted by atomic mass is 10.1. The van der Waals surface area contributed by atoms with Gasteiger partial charge in [-0.2, -0.15) is 0 Å². The molecule has 18 heavy (non-hydrogen) atoms. The number of hydrogen-bond donors (Lipinski definition) is 1. The van der Waals surface area contributed by atoms with Gasteiger partial charge in [-0.1, -0.05) is 35.9 Å². The van der Waals surface area contributed by atoms with Gasteiger partial charge in [0.05, 0.1) is 23.5 Å².